The number of anilines is 1. The van der Waals surface area contributed by atoms with Crippen LogP contribution >= 0.6 is 11.3 Å². The van der Waals surface area contributed by atoms with E-state index < -0.39 is 11.6 Å². The van der Waals surface area contributed by atoms with Crippen LogP contribution in [0.15, 0.2) is 35.8 Å². The highest BCUT2D eigenvalue weighted by Crippen LogP contribution is 2.22. The zero-order valence-electron chi connectivity index (χ0n) is 13.5. The second kappa shape index (κ2) is 7.02. The molecule has 2 heterocycles. The highest BCUT2D eigenvalue weighted by molar-refractivity contribution is 7.12. The molecule has 0 aliphatic heterocycles. The molecule has 0 atom stereocenters. The Kier molecular flexibility index (Phi) is 4.80. The molecule has 0 saturated carbocycles. The van der Waals surface area contributed by atoms with Gasteiger partial charge in [0.05, 0.1) is 22.5 Å². The van der Waals surface area contributed by atoms with Crippen LogP contribution in [0, 0.1) is 18.6 Å². The number of amides is 1. The number of nitrogens with zero attached hydrogens (tertiary/aromatic N) is 2. The highest BCUT2D eigenvalue weighted by atomic mass is 32.1. The van der Waals surface area contributed by atoms with Crippen molar-refractivity contribution >= 4 is 22.9 Å². The normalized spacial score (nSPS) is 10.7. The molecule has 0 aliphatic carbocycles. The number of thiophene rings is 1. The summed E-state index contributed by atoms with van der Waals surface area (Å²) in [6.45, 7) is 1.94. The van der Waals surface area contributed by atoms with Gasteiger partial charge in [0.2, 0.25) is 0 Å². The van der Waals surface area contributed by atoms with Crippen LogP contribution in [0.3, 0.4) is 0 Å². The first-order valence-electron chi connectivity index (χ1n) is 7.39. The van der Waals surface area contributed by atoms with E-state index in [0.717, 1.165) is 23.4 Å². The Labute approximate surface area is 146 Å². The Bertz CT molecular complexity index is 921. The van der Waals surface area contributed by atoms with Gasteiger partial charge in [0.25, 0.3) is 5.91 Å². The molecule has 2 aromatic heterocycles. The Morgan fingerprint density at radius 1 is 1.36 bits per heavy atom. The fourth-order valence-electron chi connectivity index (χ4n) is 2.13. The first kappa shape index (κ1) is 17.1. The van der Waals surface area contributed by atoms with E-state index in [9.17, 15) is 13.6 Å². The average Bonchev–Trinajstić information content (AvgIpc) is 3.16. The Hall–Kier alpha value is -2.74. The number of rotatable bonds is 5. The zero-order valence-corrected chi connectivity index (χ0v) is 14.4. The number of halogens is 2. The second-order valence-corrected chi connectivity index (χ2v) is 6.32. The molecule has 3 aromatic rings. The third kappa shape index (κ3) is 3.85. The number of nitrogens with one attached hydrogen (secondary N) is 1. The van der Waals surface area contributed by atoms with E-state index >= 15 is 0 Å². The molecule has 3 rings (SSSR count). The van der Waals surface area contributed by atoms with Crippen LogP contribution < -0.4 is 10.1 Å². The molecule has 130 valence electrons. The van der Waals surface area contributed by atoms with Crippen molar-refractivity contribution in [3.63, 3.8) is 0 Å². The number of ether oxygens (including phenoxy) is 1. The summed E-state index contributed by atoms with van der Waals surface area (Å²) in [5, 5.41) is 8.62. The zero-order chi connectivity index (χ0) is 18.0. The molecule has 0 saturated heterocycles. The smallest absolute Gasteiger partial charge is 0.265 e. The van der Waals surface area contributed by atoms with Gasteiger partial charge in [-0.15, -0.1) is 11.3 Å². The summed E-state index contributed by atoms with van der Waals surface area (Å²) in [6, 6.07) is 4.79. The number of benzene rings is 1. The average molecular weight is 363 g/mol. The summed E-state index contributed by atoms with van der Waals surface area (Å²) in [6.07, 6.45) is 1.59. The minimum absolute atomic E-state index is 0.0374. The van der Waals surface area contributed by atoms with Gasteiger partial charge in [-0.05, 0) is 30.5 Å². The molecule has 0 fully saturated rings. The van der Waals surface area contributed by atoms with Crippen molar-refractivity contribution in [2.75, 3.05) is 5.32 Å². The summed E-state index contributed by atoms with van der Waals surface area (Å²) in [4.78, 5) is 12.8. The van der Waals surface area contributed by atoms with Crippen molar-refractivity contribution < 1.29 is 18.3 Å². The molecular weight excluding hydrogens is 348 g/mol. The molecule has 0 radical (unpaired) electrons. The first-order valence-corrected chi connectivity index (χ1v) is 8.27. The van der Waals surface area contributed by atoms with Crippen molar-refractivity contribution in [2.45, 2.75) is 13.5 Å². The largest absolute Gasteiger partial charge is 0.486 e. The van der Waals surface area contributed by atoms with E-state index in [0.29, 0.717) is 10.6 Å². The van der Waals surface area contributed by atoms with Crippen molar-refractivity contribution in [2.24, 2.45) is 7.05 Å². The van der Waals surface area contributed by atoms with Gasteiger partial charge in [0, 0.05) is 18.7 Å². The lowest BCUT2D eigenvalue weighted by Crippen LogP contribution is -2.11. The van der Waals surface area contributed by atoms with E-state index in [4.69, 9.17) is 4.74 Å². The molecule has 0 spiro atoms. The number of carbonyl (C=O) groups excluding carboxylic acids is 1. The number of hydrogen-bond acceptors (Lipinski definition) is 4. The van der Waals surface area contributed by atoms with Gasteiger partial charge >= 0.3 is 0 Å². The summed E-state index contributed by atoms with van der Waals surface area (Å²) in [5.74, 6) is -1.71. The summed E-state index contributed by atoms with van der Waals surface area (Å²) in [7, 11) is 1.79. The molecule has 0 aliphatic rings. The maximum absolute atomic E-state index is 13.5. The third-order valence-electron chi connectivity index (χ3n) is 3.65. The molecule has 8 heteroatoms. The fraction of sp³-hybridized carbons (Fsp3) is 0.176. The van der Waals surface area contributed by atoms with Gasteiger partial charge in [-0.1, -0.05) is 0 Å². The lowest BCUT2D eigenvalue weighted by molar-refractivity contribution is 0.103. The molecule has 25 heavy (non-hydrogen) atoms. The lowest BCUT2D eigenvalue weighted by Gasteiger charge is -2.05. The SMILES string of the molecule is Cc1c(NC(=O)c2cc(COc3ccc(F)cc3F)cs2)cnn1C. The minimum atomic E-state index is -0.764. The van der Waals surface area contributed by atoms with Crippen LogP contribution in [-0.2, 0) is 13.7 Å². The van der Waals surface area contributed by atoms with Gasteiger partial charge in [0.15, 0.2) is 11.6 Å². The molecule has 1 N–H and O–H groups in total. The van der Waals surface area contributed by atoms with Gasteiger partial charge in [-0.2, -0.15) is 5.10 Å². The maximum atomic E-state index is 13.5. The fourth-order valence-corrected chi connectivity index (χ4v) is 2.92. The first-order chi connectivity index (χ1) is 11.9. The number of aromatic nitrogens is 2. The molecule has 5 nitrogen and oxygen atoms in total. The van der Waals surface area contributed by atoms with Crippen molar-refractivity contribution in [1.29, 1.82) is 0 Å². The van der Waals surface area contributed by atoms with E-state index in [2.05, 4.69) is 10.4 Å². The molecule has 0 bridgehead atoms. The van der Waals surface area contributed by atoms with Crippen molar-refractivity contribution in [3.05, 3.63) is 63.6 Å². The lowest BCUT2D eigenvalue weighted by atomic mass is 10.3. The van der Waals surface area contributed by atoms with Crippen LogP contribution in [0.2, 0.25) is 0 Å². The van der Waals surface area contributed by atoms with E-state index in [-0.39, 0.29) is 18.3 Å². The number of hydrogen-bond donors (Lipinski definition) is 1. The van der Waals surface area contributed by atoms with Crippen molar-refractivity contribution in [3.8, 4) is 5.75 Å². The minimum Gasteiger partial charge on any atom is -0.486 e. The van der Waals surface area contributed by atoms with Crippen LogP contribution in [0.25, 0.3) is 0 Å². The van der Waals surface area contributed by atoms with Gasteiger partial charge < -0.3 is 10.1 Å². The van der Waals surface area contributed by atoms with Gasteiger partial charge in [-0.3, -0.25) is 9.48 Å². The van der Waals surface area contributed by atoms with Crippen LogP contribution in [0.4, 0.5) is 14.5 Å². The molecule has 1 amide bonds. The second-order valence-electron chi connectivity index (χ2n) is 5.40. The van der Waals surface area contributed by atoms with Gasteiger partial charge in [-0.25, -0.2) is 8.78 Å². The van der Waals surface area contributed by atoms with Crippen molar-refractivity contribution in [1.82, 2.24) is 9.78 Å². The summed E-state index contributed by atoms with van der Waals surface area (Å²) >= 11 is 1.26. The maximum Gasteiger partial charge on any atom is 0.265 e. The predicted molar refractivity (Wildman–Crippen MR) is 90.9 cm³/mol. The third-order valence-corrected chi connectivity index (χ3v) is 4.63. The topological polar surface area (TPSA) is 56.1 Å². The highest BCUT2D eigenvalue weighted by Gasteiger charge is 2.13. The monoisotopic (exact) mass is 363 g/mol. The quantitative estimate of drug-likeness (QED) is 0.748. The standard InChI is InChI=1S/C17H15F2N3O2S/c1-10-14(7-20-22(10)2)21-17(23)16-5-11(9-25-16)8-24-15-4-3-12(18)6-13(15)19/h3-7,9H,8H2,1-2H3,(H,21,23). The molecule has 0 unspecified atom stereocenters. The summed E-state index contributed by atoms with van der Waals surface area (Å²) < 4.78 is 33.4. The van der Waals surface area contributed by atoms with E-state index in [1.165, 1.54) is 17.4 Å². The molecule has 1 aromatic carbocycles. The predicted octanol–water partition coefficient (Wildman–Crippen LogP) is 3.90. The van der Waals surface area contributed by atoms with E-state index in [1.54, 1.807) is 29.4 Å². The van der Waals surface area contributed by atoms with Crippen LogP contribution in [-0.4, -0.2) is 15.7 Å². The van der Waals surface area contributed by atoms with Gasteiger partial charge in [0.1, 0.15) is 12.4 Å². The summed E-state index contributed by atoms with van der Waals surface area (Å²) in [5.41, 5.74) is 2.22. The van der Waals surface area contributed by atoms with E-state index in [1.807, 2.05) is 6.92 Å². The Morgan fingerprint density at radius 2 is 2.16 bits per heavy atom. The number of carbonyl (C=O) groups is 1. The Morgan fingerprint density at radius 3 is 2.84 bits per heavy atom. The number of aryl methyl sites for hydroxylation is 1. The van der Waals surface area contributed by atoms with Crippen LogP contribution in [0.1, 0.15) is 20.9 Å². The Balaban J connectivity index is 1.63. The van der Waals surface area contributed by atoms with Crippen LogP contribution in [0.5, 0.6) is 5.75 Å². The molecular formula is C17H15F2N3O2S.